The number of aromatic nitrogens is 3. The lowest BCUT2D eigenvalue weighted by Gasteiger charge is -2.22. The Labute approximate surface area is 109 Å². The van der Waals surface area contributed by atoms with E-state index in [4.69, 9.17) is 0 Å². The van der Waals surface area contributed by atoms with E-state index < -0.39 is 9.84 Å². The SMILES string of the molecule is CNC(c1c(Br)nnn1C)C1CCS(=O)(=O)C1. The summed E-state index contributed by atoms with van der Waals surface area (Å²) in [6.45, 7) is 0. The number of nitrogens with one attached hydrogen (secondary N) is 1. The van der Waals surface area contributed by atoms with Crippen LogP contribution in [0.2, 0.25) is 0 Å². The standard InChI is InChI=1S/C9H15BrN4O2S/c1-11-7(6-3-4-17(15,16)5-6)8-9(10)12-13-14(8)2/h6-7,11H,3-5H2,1-2H3. The highest BCUT2D eigenvalue weighted by molar-refractivity contribution is 9.10. The fourth-order valence-electron chi connectivity index (χ4n) is 2.35. The maximum Gasteiger partial charge on any atom is 0.153 e. The van der Waals surface area contributed by atoms with Gasteiger partial charge < -0.3 is 5.32 Å². The van der Waals surface area contributed by atoms with Gasteiger partial charge in [0.25, 0.3) is 0 Å². The Morgan fingerprint density at radius 2 is 2.29 bits per heavy atom. The van der Waals surface area contributed by atoms with Crippen LogP contribution in [0.25, 0.3) is 0 Å². The zero-order valence-corrected chi connectivity index (χ0v) is 12.1. The van der Waals surface area contributed by atoms with Crippen molar-refractivity contribution in [1.29, 1.82) is 0 Å². The number of hydrogen-bond donors (Lipinski definition) is 1. The van der Waals surface area contributed by atoms with Crippen LogP contribution in [0.15, 0.2) is 4.60 Å². The molecule has 1 aromatic rings. The molecule has 0 amide bonds. The molecule has 1 fully saturated rings. The van der Waals surface area contributed by atoms with Gasteiger partial charge in [-0.3, -0.25) is 0 Å². The van der Waals surface area contributed by atoms with Crippen molar-refractivity contribution in [2.24, 2.45) is 13.0 Å². The number of hydrogen-bond acceptors (Lipinski definition) is 5. The van der Waals surface area contributed by atoms with Crippen LogP contribution in [0.1, 0.15) is 18.2 Å². The van der Waals surface area contributed by atoms with Gasteiger partial charge in [0.1, 0.15) is 0 Å². The van der Waals surface area contributed by atoms with E-state index in [9.17, 15) is 8.42 Å². The average molecular weight is 323 g/mol. The van der Waals surface area contributed by atoms with Crippen LogP contribution in [0, 0.1) is 5.92 Å². The molecular formula is C9H15BrN4O2S. The Morgan fingerprint density at radius 1 is 1.59 bits per heavy atom. The lowest BCUT2D eigenvalue weighted by Crippen LogP contribution is -2.28. The Kier molecular flexibility index (Phi) is 3.55. The predicted octanol–water partition coefficient (Wildman–Crippen LogP) is 0.273. The number of nitrogens with zero attached hydrogens (tertiary/aromatic N) is 3. The van der Waals surface area contributed by atoms with E-state index in [2.05, 4.69) is 31.6 Å². The molecular weight excluding hydrogens is 308 g/mol. The second-order valence-electron chi connectivity index (χ2n) is 4.32. The summed E-state index contributed by atoms with van der Waals surface area (Å²) >= 11 is 3.35. The van der Waals surface area contributed by atoms with Crippen LogP contribution in [0.5, 0.6) is 0 Å². The number of rotatable bonds is 3. The predicted molar refractivity (Wildman–Crippen MR) is 67.3 cm³/mol. The van der Waals surface area contributed by atoms with E-state index in [0.717, 1.165) is 5.69 Å². The summed E-state index contributed by atoms with van der Waals surface area (Å²) in [4.78, 5) is 0. The van der Waals surface area contributed by atoms with Gasteiger partial charge in [0.05, 0.1) is 23.2 Å². The molecule has 1 aliphatic rings. The van der Waals surface area contributed by atoms with Gasteiger partial charge in [-0.05, 0) is 35.3 Å². The number of halogens is 1. The second kappa shape index (κ2) is 4.66. The Morgan fingerprint density at radius 3 is 2.71 bits per heavy atom. The van der Waals surface area contributed by atoms with Crippen LogP contribution in [0.3, 0.4) is 0 Å². The van der Waals surface area contributed by atoms with Gasteiger partial charge in [-0.1, -0.05) is 5.21 Å². The van der Waals surface area contributed by atoms with Crippen LogP contribution in [0.4, 0.5) is 0 Å². The van der Waals surface area contributed by atoms with Gasteiger partial charge in [0, 0.05) is 7.05 Å². The zero-order chi connectivity index (χ0) is 12.6. The van der Waals surface area contributed by atoms with E-state index in [1.54, 1.807) is 11.7 Å². The molecule has 1 N–H and O–H groups in total. The normalized spacial score (nSPS) is 25.0. The highest BCUT2D eigenvalue weighted by Gasteiger charge is 2.36. The molecule has 2 unspecified atom stereocenters. The minimum Gasteiger partial charge on any atom is -0.311 e. The molecule has 0 radical (unpaired) electrons. The summed E-state index contributed by atoms with van der Waals surface area (Å²) < 4.78 is 25.4. The van der Waals surface area contributed by atoms with Crippen molar-refractivity contribution in [3.8, 4) is 0 Å². The van der Waals surface area contributed by atoms with Crippen molar-refractivity contribution in [1.82, 2.24) is 20.3 Å². The molecule has 0 spiro atoms. The first-order valence-corrected chi connectivity index (χ1v) is 7.99. The van der Waals surface area contributed by atoms with Crippen molar-refractivity contribution in [2.75, 3.05) is 18.6 Å². The van der Waals surface area contributed by atoms with Crippen molar-refractivity contribution >= 4 is 25.8 Å². The van der Waals surface area contributed by atoms with Crippen molar-refractivity contribution < 1.29 is 8.42 Å². The van der Waals surface area contributed by atoms with E-state index in [0.29, 0.717) is 11.0 Å². The van der Waals surface area contributed by atoms with E-state index in [1.165, 1.54) is 0 Å². The van der Waals surface area contributed by atoms with Crippen LogP contribution < -0.4 is 5.32 Å². The first-order chi connectivity index (χ1) is 7.94. The molecule has 0 aliphatic carbocycles. The molecule has 2 rings (SSSR count). The van der Waals surface area contributed by atoms with Crippen molar-refractivity contribution in [3.05, 3.63) is 10.3 Å². The van der Waals surface area contributed by atoms with Gasteiger partial charge in [-0.2, -0.15) is 0 Å². The third kappa shape index (κ3) is 2.53. The first kappa shape index (κ1) is 13.0. The molecule has 2 heterocycles. The maximum absolute atomic E-state index is 11.5. The summed E-state index contributed by atoms with van der Waals surface area (Å²) in [6, 6.07) is -0.0401. The third-order valence-corrected chi connectivity index (χ3v) is 5.53. The molecule has 0 aromatic carbocycles. The summed E-state index contributed by atoms with van der Waals surface area (Å²) in [7, 11) is 0.762. The Bertz CT molecular complexity index is 494. The van der Waals surface area contributed by atoms with Gasteiger partial charge >= 0.3 is 0 Å². The largest absolute Gasteiger partial charge is 0.311 e. The van der Waals surface area contributed by atoms with Crippen molar-refractivity contribution in [3.63, 3.8) is 0 Å². The van der Waals surface area contributed by atoms with Gasteiger partial charge in [0.2, 0.25) is 0 Å². The van der Waals surface area contributed by atoms with Gasteiger partial charge in [-0.15, -0.1) is 5.10 Å². The van der Waals surface area contributed by atoms with E-state index in [1.807, 2.05) is 7.05 Å². The van der Waals surface area contributed by atoms with Crippen molar-refractivity contribution in [2.45, 2.75) is 12.5 Å². The highest BCUT2D eigenvalue weighted by Crippen LogP contribution is 2.33. The molecule has 17 heavy (non-hydrogen) atoms. The molecule has 1 saturated heterocycles. The lowest BCUT2D eigenvalue weighted by atomic mass is 9.97. The average Bonchev–Trinajstić information content (AvgIpc) is 2.76. The molecule has 0 bridgehead atoms. The zero-order valence-electron chi connectivity index (χ0n) is 9.72. The summed E-state index contributed by atoms with van der Waals surface area (Å²) in [6.07, 6.45) is 0.686. The molecule has 1 aliphatic heterocycles. The molecule has 6 nitrogen and oxygen atoms in total. The molecule has 96 valence electrons. The molecule has 8 heteroatoms. The quantitative estimate of drug-likeness (QED) is 0.864. The van der Waals surface area contributed by atoms with E-state index in [-0.39, 0.29) is 23.5 Å². The molecule has 2 atom stereocenters. The molecule has 0 saturated carbocycles. The second-order valence-corrected chi connectivity index (χ2v) is 7.30. The number of aryl methyl sites for hydroxylation is 1. The fourth-order valence-corrected chi connectivity index (χ4v) is 4.77. The first-order valence-electron chi connectivity index (χ1n) is 5.37. The van der Waals surface area contributed by atoms with E-state index >= 15 is 0 Å². The van der Waals surface area contributed by atoms with Crippen LogP contribution in [-0.4, -0.2) is 42.0 Å². The van der Waals surface area contributed by atoms with Crippen LogP contribution in [-0.2, 0) is 16.9 Å². The lowest BCUT2D eigenvalue weighted by molar-refractivity contribution is 0.395. The minimum atomic E-state index is -2.87. The molecule has 1 aromatic heterocycles. The fraction of sp³-hybridized carbons (Fsp3) is 0.778. The minimum absolute atomic E-state index is 0.0401. The summed E-state index contributed by atoms with van der Waals surface area (Å²) in [5, 5.41) is 11.0. The Balaban J connectivity index is 2.29. The number of sulfone groups is 1. The van der Waals surface area contributed by atoms with Crippen LogP contribution >= 0.6 is 15.9 Å². The maximum atomic E-state index is 11.5. The summed E-state index contributed by atoms with van der Waals surface area (Å²) in [5.41, 5.74) is 0.898. The highest BCUT2D eigenvalue weighted by atomic mass is 79.9. The van der Waals surface area contributed by atoms with Gasteiger partial charge in [-0.25, -0.2) is 13.1 Å². The summed E-state index contributed by atoms with van der Waals surface area (Å²) in [5.74, 6) is 0.591. The topological polar surface area (TPSA) is 76.9 Å². The third-order valence-electron chi connectivity index (χ3n) is 3.17. The van der Waals surface area contributed by atoms with Gasteiger partial charge in [0.15, 0.2) is 14.4 Å². The Hall–Kier alpha value is -0.470. The monoisotopic (exact) mass is 322 g/mol. The smallest absolute Gasteiger partial charge is 0.153 e.